The number of hydrogen-bond donors (Lipinski definition) is 2. The molecule has 3 aliphatic carbocycles. The maximum atomic E-state index is 13.7. The summed E-state index contributed by atoms with van der Waals surface area (Å²) in [6.45, 7) is 2.07. The number of ether oxygens (including phenoxy) is 1. The quantitative estimate of drug-likeness (QED) is 0.504. The summed E-state index contributed by atoms with van der Waals surface area (Å²) in [5, 5.41) is 18.1. The average molecular weight is 500 g/mol. The minimum Gasteiger partial charge on any atom is -0.497 e. The predicted octanol–water partition coefficient (Wildman–Crippen LogP) is 4.89. The van der Waals surface area contributed by atoms with Gasteiger partial charge in [0.05, 0.1) is 36.0 Å². The molecule has 3 aliphatic rings. The van der Waals surface area contributed by atoms with Crippen LogP contribution in [0.2, 0.25) is 0 Å². The fourth-order valence-electron chi connectivity index (χ4n) is 6.91. The summed E-state index contributed by atoms with van der Waals surface area (Å²) in [5.41, 5.74) is 6.09. The number of aromatic nitrogens is 2. The van der Waals surface area contributed by atoms with E-state index in [1.807, 2.05) is 28.9 Å². The number of rotatable bonds is 6. The van der Waals surface area contributed by atoms with Crippen LogP contribution in [0.3, 0.4) is 0 Å². The largest absolute Gasteiger partial charge is 0.497 e. The van der Waals surface area contributed by atoms with Gasteiger partial charge < -0.3 is 15.2 Å². The van der Waals surface area contributed by atoms with Gasteiger partial charge in [-0.25, -0.2) is 4.68 Å². The summed E-state index contributed by atoms with van der Waals surface area (Å²) >= 11 is 0. The van der Waals surface area contributed by atoms with Gasteiger partial charge >= 0.3 is 5.97 Å². The van der Waals surface area contributed by atoms with Crippen molar-refractivity contribution >= 4 is 11.9 Å². The Hall–Kier alpha value is -3.61. The summed E-state index contributed by atoms with van der Waals surface area (Å²) in [5.74, 6) is -0.525. The van der Waals surface area contributed by atoms with Crippen molar-refractivity contribution in [1.82, 2.24) is 15.1 Å². The molecule has 2 aromatic carbocycles. The lowest BCUT2D eigenvalue weighted by Gasteiger charge is -2.31. The fourth-order valence-corrected chi connectivity index (χ4v) is 6.91. The van der Waals surface area contributed by atoms with E-state index in [1.54, 1.807) is 7.11 Å². The zero-order valence-corrected chi connectivity index (χ0v) is 21.3. The fraction of sp³-hybridized carbons (Fsp3) is 0.433. The highest BCUT2D eigenvalue weighted by Crippen LogP contribution is 2.49. The topological polar surface area (TPSA) is 93.5 Å². The first-order valence-electron chi connectivity index (χ1n) is 13.3. The molecule has 5 atom stereocenters. The molecule has 0 radical (unpaired) electrons. The minimum atomic E-state index is -0.785. The summed E-state index contributed by atoms with van der Waals surface area (Å²) in [6, 6.07) is 15.9. The maximum absolute atomic E-state index is 13.7. The zero-order chi connectivity index (χ0) is 25.7. The summed E-state index contributed by atoms with van der Waals surface area (Å²) < 4.78 is 7.30. The van der Waals surface area contributed by atoms with Gasteiger partial charge in [0.1, 0.15) is 5.75 Å². The van der Waals surface area contributed by atoms with Crippen LogP contribution in [-0.4, -0.2) is 39.9 Å². The first-order chi connectivity index (χ1) is 17.9. The Bertz CT molecular complexity index is 1330. The van der Waals surface area contributed by atoms with Crippen molar-refractivity contribution in [2.24, 2.45) is 17.8 Å². The third-order valence-corrected chi connectivity index (χ3v) is 8.73. The molecule has 0 aliphatic heterocycles. The van der Waals surface area contributed by atoms with E-state index in [4.69, 9.17) is 9.84 Å². The van der Waals surface area contributed by atoms with Gasteiger partial charge in [0.15, 0.2) is 0 Å². The van der Waals surface area contributed by atoms with Crippen LogP contribution in [0.25, 0.3) is 16.9 Å². The molecule has 7 heteroatoms. The molecule has 0 saturated heterocycles. The second kappa shape index (κ2) is 9.36. The molecule has 2 N–H and O–H groups in total. The predicted molar refractivity (Wildman–Crippen MR) is 140 cm³/mol. The lowest BCUT2D eigenvalue weighted by molar-refractivity contribution is -0.144. The maximum Gasteiger partial charge on any atom is 0.308 e. The number of aliphatic carboxylic acids is 1. The van der Waals surface area contributed by atoms with Crippen molar-refractivity contribution < 1.29 is 19.4 Å². The number of aryl methyl sites for hydroxylation is 1. The number of fused-ring (bicyclic) bond motifs is 3. The van der Waals surface area contributed by atoms with Crippen LogP contribution in [0.5, 0.6) is 5.75 Å². The molecule has 2 bridgehead atoms. The Labute approximate surface area is 216 Å². The number of nitrogens with one attached hydrogen (secondary N) is 1. The molecule has 1 amide bonds. The highest BCUT2D eigenvalue weighted by atomic mass is 16.5. The monoisotopic (exact) mass is 499 g/mol. The lowest BCUT2D eigenvalue weighted by Crippen LogP contribution is -2.48. The van der Waals surface area contributed by atoms with E-state index in [1.165, 1.54) is 5.56 Å². The van der Waals surface area contributed by atoms with Gasteiger partial charge in [0.2, 0.25) is 5.91 Å². The summed E-state index contributed by atoms with van der Waals surface area (Å²) in [4.78, 5) is 25.7. The Morgan fingerprint density at radius 1 is 1.03 bits per heavy atom. The van der Waals surface area contributed by atoms with Crippen LogP contribution in [-0.2, 0) is 16.0 Å². The number of benzene rings is 2. The summed E-state index contributed by atoms with van der Waals surface area (Å²) in [7, 11) is 1.65. The van der Waals surface area contributed by atoms with Crippen LogP contribution in [0.1, 0.15) is 54.8 Å². The third kappa shape index (κ3) is 4.10. The van der Waals surface area contributed by atoms with Crippen LogP contribution < -0.4 is 10.1 Å². The number of nitrogens with zero attached hydrogens (tertiary/aromatic N) is 2. The number of hydrogen-bond acceptors (Lipinski definition) is 4. The van der Waals surface area contributed by atoms with Gasteiger partial charge in [-0.05, 0) is 81.5 Å². The standard InChI is InChI=1S/C30H33N3O4/c1-17-6-8-18(9-7-17)28-23-4-3-5-24(27(23)32-33(28)21-12-14-22(37-2)15-13-21)29(34)31-26-20-11-10-19(16-20)25(26)30(35)36/h6-9,12-15,19-20,24-26H,3-5,10-11,16H2,1-2H3,(H,31,34)(H,35,36)/t19?,20?,24?,25-,26+/m0/s1. The Kier molecular flexibility index (Phi) is 6.01. The smallest absolute Gasteiger partial charge is 0.308 e. The van der Waals surface area contributed by atoms with E-state index in [9.17, 15) is 14.7 Å². The summed E-state index contributed by atoms with van der Waals surface area (Å²) in [6.07, 6.45) is 5.31. The number of carboxylic acids is 1. The first-order valence-corrected chi connectivity index (χ1v) is 13.3. The van der Waals surface area contributed by atoms with Gasteiger partial charge in [0, 0.05) is 17.2 Å². The highest BCUT2D eigenvalue weighted by molar-refractivity contribution is 5.86. The van der Waals surface area contributed by atoms with Crippen molar-refractivity contribution in [3.63, 3.8) is 0 Å². The molecular weight excluding hydrogens is 466 g/mol. The normalized spacial score (nSPS) is 26.1. The van der Waals surface area contributed by atoms with E-state index < -0.39 is 11.9 Å². The molecule has 6 rings (SSSR count). The van der Waals surface area contributed by atoms with E-state index in [0.717, 1.165) is 66.1 Å². The number of carbonyl (C=O) groups is 2. The molecule has 192 valence electrons. The van der Waals surface area contributed by atoms with Crippen molar-refractivity contribution in [2.45, 2.75) is 57.4 Å². The van der Waals surface area contributed by atoms with Crippen LogP contribution in [0.15, 0.2) is 48.5 Å². The minimum absolute atomic E-state index is 0.0837. The van der Waals surface area contributed by atoms with Gasteiger partial charge in [-0.1, -0.05) is 29.8 Å². The first kappa shape index (κ1) is 23.8. The number of carbonyl (C=O) groups excluding carboxylic acids is 1. The van der Waals surface area contributed by atoms with Gasteiger partial charge in [0.25, 0.3) is 0 Å². The highest BCUT2D eigenvalue weighted by Gasteiger charge is 2.52. The van der Waals surface area contributed by atoms with Crippen molar-refractivity contribution in [1.29, 1.82) is 0 Å². The van der Waals surface area contributed by atoms with Crippen LogP contribution in [0, 0.1) is 24.7 Å². The molecule has 0 spiro atoms. The SMILES string of the molecule is COc1ccc(-n2nc3c(c2-c2ccc(C)cc2)CCCC3C(=O)N[C@@H]2C3CCC(C3)[C@@H]2C(=O)O)cc1. The molecule has 1 aromatic heterocycles. The number of amides is 1. The second-order valence-electron chi connectivity index (χ2n) is 10.9. The Morgan fingerprint density at radius 3 is 2.46 bits per heavy atom. The van der Waals surface area contributed by atoms with Crippen molar-refractivity contribution in [2.75, 3.05) is 7.11 Å². The second-order valence-corrected chi connectivity index (χ2v) is 10.9. The van der Waals surface area contributed by atoms with Crippen molar-refractivity contribution in [3.05, 3.63) is 65.4 Å². The molecule has 1 heterocycles. The van der Waals surface area contributed by atoms with Crippen LogP contribution in [0.4, 0.5) is 0 Å². The number of methoxy groups -OCH3 is 1. The molecule has 3 aromatic rings. The molecular formula is C30H33N3O4. The Morgan fingerprint density at radius 2 is 1.76 bits per heavy atom. The third-order valence-electron chi connectivity index (χ3n) is 8.73. The van der Waals surface area contributed by atoms with E-state index in [-0.39, 0.29) is 29.7 Å². The molecule has 2 saturated carbocycles. The van der Waals surface area contributed by atoms with E-state index in [2.05, 4.69) is 36.5 Å². The average Bonchev–Trinajstić information content (AvgIpc) is 3.62. The van der Waals surface area contributed by atoms with Crippen molar-refractivity contribution in [3.8, 4) is 22.7 Å². The van der Waals surface area contributed by atoms with Gasteiger partial charge in [-0.3, -0.25) is 9.59 Å². The molecule has 3 unspecified atom stereocenters. The van der Waals surface area contributed by atoms with E-state index >= 15 is 0 Å². The van der Waals surface area contributed by atoms with E-state index in [0.29, 0.717) is 6.42 Å². The molecule has 37 heavy (non-hydrogen) atoms. The zero-order valence-electron chi connectivity index (χ0n) is 21.3. The molecule has 2 fully saturated rings. The molecule has 7 nitrogen and oxygen atoms in total. The van der Waals surface area contributed by atoms with Gasteiger partial charge in [-0.15, -0.1) is 0 Å². The van der Waals surface area contributed by atoms with Crippen LogP contribution >= 0.6 is 0 Å². The lowest BCUT2D eigenvalue weighted by atomic mass is 9.82. The number of carboxylic acid groups (broad SMARTS) is 1. The van der Waals surface area contributed by atoms with Gasteiger partial charge in [-0.2, -0.15) is 5.10 Å². The Balaban J connectivity index is 1.38.